The lowest BCUT2D eigenvalue weighted by molar-refractivity contribution is -0.163. The van der Waals surface area contributed by atoms with Crippen LogP contribution in [0.25, 0.3) is 10.9 Å². The number of fused-ring (bicyclic) bond motifs is 1. The van der Waals surface area contributed by atoms with Crippen molar-refractivity contribution in [1.82, 2.24) is 14.8 Å². The van der Waals surface area contributed by atoms with E-state index in [1.807, 2.05) is 0 Å². The maximum atomic E-state index is 14.1. The van der Waals surface area contributed by atoms with Crippen molar-refractivity contribution in [1.29, 1.82) is 0 Å². The standard InChI is InChI=1S/C28H33N5O10/c1-2-42-27(41)33-12-10-32(11-13-33)25(38)16(5-7-19(34)35)20-21(24(30)37)31-18-6-4-15(23(29)36)14-17(18)22(20)43-28(26(39)40)8-3-9-28/h4,6,14,16H,2-3,5,7-13H2,1H3,(H2,29,36)(H2,30,37)(H,34,35)(H,39,40). The first kappa shape index (κ1) is 31.0. The monoisotopic (exact) mass is 599 g/mol. The molecule has 1 saturated heterocycles. The lowest BCUT2D eigenvalue weighted by atomic mass is 9.79. The summed E-state index contributed by atoms with van der Waals surface area (Å²) in [5.74, 6) is -6.52. The predicted octanol–water partition coefficient (Wildman–Crippen LogP) is 1.07. The Hall–Kier alpha value is -4.95. The van der Waals surface area contributed by atoms with E-state index >= 15 is 0 Å². The third-order valence-electron chi connectivity index (χ3n) is 7.75. The summed E-state index contributed by atoms with van der Waals surface area (Å²) in [5.41, 5.74) is 9.09. The molecule has 1 aliphatic heterocycles. The zero-order chi connectivity index (χ0) is 31.5. The number of aliphatic carboxylic acids is 2. The van der Waals surface area contributed by atoms with Gasteiger partial charge >= 0.3 is 18.0 Å². The average molecular weight is 600 g/mol. The van der Waals surface area contributed by atoms with E-state index in [0.29, 0.717) is 6.42 Å². The van der Waals surface area contributed by atoms with E-state index in [9.17, 15) is 39.0 Å². The molecule has 4 amide bonds. The first-order valence-corrected chi connectivity index (χ1v) is 13.8. The molecular formula is C28H33N5O10. The van der Waals surface area contributed by atoms with E-state index in [-0.39, 0.29) is 79.8 Å². The number of hydrogen-bond donors (Lipinski definition) is 4. The van der Waals surface area contributed by atoms with Crippen molar-refractivity contribution >= 4 is 46.7 Å². The number of carboxylic acids is 2. The van der Waals surface area contributed by atoms with E-state index in [4.69, 9.17) is 20.9 Å². The number of pyridine rings is 1. The number of nitrogens with two attached hydrogens (primary N) is 2. The van der Waals surface area contributed by atoms with E-state index < -0.39 is 59.4 Å². The van der Waals surface area contributed by atoms with Crippen molar-refractivity contribution in [3.05, 3.63) is 35.0 Å². The molecule has 0 spiro atoms. The number of carbonyl (C=O) groups excluding carboxylic acids is 4. The van der Waals surface area contributed by atoms with Crippen LogP contribution < -0.4 is 16.2 Å². The molecule has 0 bridgehead atoms. The zero-order valence-corrected chi connectivity index (χ0v) is 23.5. The number of amides is 4. The van der Waals surface area contributed by atoms with Gasteiger partial charge in [0, 0.05) is 49.1 Å². The van der Waals surface area contributed by atoms with Crippen molar-refractivity contribution in [3.63, 3.8) is 0 Å². The maximum absolute atomic E-state index is 14.1. The third-order valence-corrected chi connectivity index (χ3v) is 7.75. The summed E-state index contributed by atoms with van der Waals surface area (Å²) in [6.07, 6.45) is -0.572. The van der Waals surface area contributed by atoms with Crippen LogP contribution in [0.4, 0.5) is 4.79 Å². The van der Waals surface area contributed by atoms with Gasteiger partial charge in [0.2, 0.25) is 17.4 Å². The van der Waals surface area contributed by atoms with Gasteiger partial charge in [-0.1, -0.05) is 0 Å². The second kappa shape index (κ2) is 12.5. The summed E-state index contributed by atoms with van der Waals surface area (Å²) in [6.45, 7) is 2.29. The minimum atomic E-state index is -1.70. The molecule has 0 radical (unpaired) electrons. The smallest absolute Gasteiger partial charge is 0.409 e. The van der Waals surface area contributed by atoms with Crippen LogP contribution in [0.5, 0.6) is 5.75 Å². The Bertz CT molecular complexity index is 1480. The Balaban J connectivity index is 1.89. The van der Waals surface area contributed by atoms with Crippen LogP contribution in [0.1, 0.15) is 71.4 Å². The summed E-state index contributed by atoms with van der Waals surface area (Å²) in [5, 5.41) is 19.7. The van der Waals surface area contributed by atoms with E-state index in [2.05, 4.69) is 4.98 Å². The van der Waals surface area contributed by atoms with Gasteiger partial charge in [0.05, 0.1) is 18.0 Å². The molecule has 2 heterocycles. The van der Waals surface area contributed by atoms with Gasteiger partial charge in [0.15, 0.2) is 0 Å². The number of carboxylic acid groups (broad SMARTS) is 2. The van der Waals surface area contributed by atoms with Crippen molar-refractivity contribution in [2.24, 2.45) is 11.5 Å². The molecule has 1 saturated carbocycles. The number of hydrogen-bond acceptors (Lipinski definition) is 9. The quantitative estimate of drug-likeness (QED) is 0.285. The lowest BCUT2D eigenvalue weighted by Crippen LogP contribution is -2.52. The van der Waals surface area contributed by atoms with Crippen molar-refractivity contribution < 1.29 is 48.5 Å². The molecule has 43 heavy (non-hydrogen) atoms. The minimum Gasteiger partial charge on any atom is -0.481 e. The van der Waals surface area contributed by atoms with E-state index in [1.165, 1.54) is 28.0 Å². The fourth-order valence-electron chi connectivity index (χ4n) is 5.28. The molecule has 2 fully saturated rings. The second-order valence-corrected chi connectivity index (χ2v) is 10.4. The van der Waals surface area contributed by atoms with Crippen LogP contribution in [0.3, 0.4) is 0 Å². The van der Waals surface area contributed by atoms with Crippen LogP contribution in [0.2, 0.25) is 0 Å². The van der Waals surface area contributed by atoms with Gasteiger partial charge < -0.3 is 41.0 Å². The van der Waals surface area contributed by atoms with Crippen LogP contribution in [0.15, 0.2) is 18.2 Å². The van der Waals surface area contributed by atoms with Crippen molar-refractivity contribution in [2.45, 2.75) is 50.5 Å². The first-order valence-electron chi connectivity index (χ1n) is 13.8. The number of benzene rings is 1. The molecule has 15 heteroatoms. The van der Waals surface area contributed by atoms with E-state index in [1.54, 1.807) is 6.92 Å². The highest BCUT2D eigenvalue weighted by Gasteiger charge is 2.49. The summed E-state index contributed by atoms with van der Waals surface area (Å²) in [6, 6.07) is 4.06. The predicted molar refractivity (Wildman–Crippen MR) is 148 cm³/mol. The molecule has 6 N–H and O–H groups in total. The number of piperazine rings is 1. The zero-order valence-electron chi connectivity index (χ0n) is 23.5. The molecule has 2 aliphatic rings. The van der Waals surface area contributed by atoms with Gasteiger partial charge in [-0.15, -0.1) is 0 Å². The minimum absolute atomic E-state index is 0.0263. The summed E-state index contributed by atoms with van der Waals surface area (Å²) in [4.78, 5) is 82.3. The summed E-state index contributed by atoms with van der Waals surface area (Å²) in [7, 11) is 0. The highest BCUT2D eigenvalue weighted by molar-refractivity contribution is 6.04. The molecular weight excluding hydrogens is 566 g/mol. The SMILES string of the molecule is CCOC(=O)N1CCN(C(=O)C(CCC(=O)O)c2c(C(N)=O)nc3ccc(C(N)=O)cc3c2OC2(C(=O)O)CCC2)CC1. The Labute approximate surface area is 245 Å². The molecule has 1 aliphatic carbocycles. The average Bonchev–Trinajstić information content (AvgIpc) is 2.94. The van der Waals surface area contributed by atoms with Crippen LogP contribution >= 0.6 is 0 Å². The van der Waals surface area contributed by atoms with Gasteiger partial charge in [-0.3, -0.25) is 19.2 Å². The van der Waals surface area contributed by atoms with Gasteiger partial charge in [-0.25, -0.2) is 14.6 Å². The number of ether oxygens (including phenoxy) is 2. The Morgan fingerprint density at radius 2 is 1.65 bits per heavy atom. The summed E-state index contributed by atoms with van der Waals surface area (Å²) >= 11 is 0. The van der Waals surface area contributed by atoms with Gasteiger partial charge in [-0.05, 0) is 50.8 Å². The van der Waals surface area contributed by atoms with E-state index in [0.717, 1.165) is 0 Å². The van der Waals surface area contributed by atoms with Crippen LogP contribution in [0, 0.1) is 0 Å². The van der Waals surface area contributed by atoms with Gasteiger partial charge in [-0.2, -0.15) is 0 Å². The van der Waals surface area contributed by atoms with Crippen LogP contribution in [-0.2, 0) is 19.1 Å². The number of rotatable bonds is 11. The number of nitrogens with zero attached hydrogens (tertiary/aromatic N) is 3. The molecule has 15 nitrogen and oxygen atoms in total. The molecule has 230 valence electrons. The topological polar surface area (TPSA) is 233 Å². The lowest BCUT2D eigenvalue weighted by Gasteiger charge is -2.40. The third kappa shape index (κ3) is 6.29. The molecule has 4 rings (SSSR count). The number of aromatic nitrogens is 1. The van der Waals surface area contributed by atoms with Gasteiger partial charge in [0.25, 0.3) is 5.91 Å². The number of primary amides is 2. The van der Waals surface area contributed by atoms with Gasteiger partial charge in [0.1, 0.15) is 11.4 Å². The van der Waals surface area contributed by atoms with Crippen LogP contribution in [-0.4, -0.2) is 99.1 Å². The number of carbonyl (C=O) groups is 6. The first-order chi connectivity index (χ1) is 20.4. The second-order valence-electron chi connectivity index (χ2n) is 10.4. The Morgan fingerprint density at radius 1 is 1.00 bits per heavy atom. The maximum Gasteiger partial charge on any atom is 0.409 e. The Morgan fingerprint density at radius 3 is 2.16 bits per heavy atom. The fourth-order valence-corrected chi connectivity index (χ4v) is 5.28. The van der Waals surface area contributed by atoms with Crippen molar-refractivity contribution in [2.75, 3.05) is 32.8 Å². The normalized spacial score (nSPS) is 16.6. The van der Waals surface area contributed by atoms with Crippen molar-refractivity contribution in [3.8, 4) is 5.75 Å². The molecule has 1 unspecified atom stereocenters. The highest BCUT2D eigenvalue weighted by Crippen LogP contribution is 2.45. The Kier molecular flexibility index (Phi) is 9.01. The largest absolute Gasteiger partial charge is 0.481 e. The highest BCUT2D eigenvalue weighted by atomic mass is 16.6. The molecule has 2 aromatic rings. The molecule has 1 aromatic heterocycles. The summed E-state index contributed by atoms with van der Waals surface area (Å²) < 4.78 is 11.2. The molecule has 1 aromatic carbocycles. The molecule has 1 atom stereocenters. The fraction of sp³-hybridized carbons (Fsp3) is 0.464.